The molecule has 2 heterocycles. The smallest absolute Gasteiger partial charge is 0.265 e. The van der Waals surface area contributed by atoms with Crippen molar-refractivity contribution < 1.29 is 9.53 Å². The Morgan fingerprint density at radius 3 is 3.23 bits per heavy atom. The zero-order valence-corrected chi connectivity index (χ0v) is 7.63. The number of pyridine rings is 1. The fourth-order valence-electron chi connectivity index (χ4n) is 1.07. The quantitative estimate of drug-likeness (QED) is 0.687. The van der Waals surface area contributed by atoms with Gasteiger partial charge in [-0.3, -0.25) is 4.79 Å². The molecule has 1 aromatic rings. The van der Waals surface area contributed by atoms with Gasteiger partial charge in [0.15, 0.2) is 6.10 Å². The number of anilines is 1. The Morgan fingerprint density at radius 1 is 1.69 bits per heavy atom. The van der Waals surface area contributed by atoms with Crippen LogP contribution in [-0.2, 0) is 4.79 Å². The Kier molecular flexibility index (Phi) is 1.84. The first-order valence-corrected chi connectivity index (χ1v) is 4.17. The minimum absolute atomic E-state index is 0.184. The number of rotatable bonds is 0. The molecular weight excluding hydrogens is 192 g/mol. The van der Waals surface area contributed by atoms with E-state index in [9.17, 15) is 4.79 Å². The minimum atomic E-state index is -0.499. The van der Waals surface area contributed by atoms with Gasteiger partial charge in [-0.1, -0.05) is 11.6 Å². The van der Waals surface area contributed by atoms with Gasteiger partial charge in [0.2, 0.25) is 5.88 Å². The van der Waals surface area contributed by atoms with Crippen LogP contribution in [0.25, 0.3) is 0 Å². The molecule has 1 aliphatic heterocycles. The molecule has 1 aromatic heterocycles. The number of aromatic nitrogens is 1. The van der Waals surface area contributed by atoms with E-state index in [-0.39, 0.29) is 5.91 Å². The van der Waals surface area contributed by atoms with Crippen molar-refractivity contribution in [1.82, 2.24) is 4.98 Å². The molecule has 1 N–H and O–H groups in total. The maximum absolute atomic E-state index is 11.2. The van der Waals surface area contributed by atoms with Gasteiger partial charge < -0.3 is 10.1 Å². The SMILES string of the molecule is C[C@@H]1Oc2ncc(Cl)cc2NC1=O. The van der Waals surface area contributed by atoms with Crippen molar-refractivity contribution in [1.29, 1.82) is 0 Å². The van der Waals surface area contributed by atoms with Gasteiger partial charge in [0, 0.05) is 6.20 Å². The number of nitrogens with one attached hydrogen (secondary N) is 1. The maximum atomic E-state index is 11.2. The molecule has 0 spiro atoms. The van der Waals surface area contributed by atoms with Gasteiger partial charge in [-0.05, 0) is 13.0 Å². The summed E-state index contributed by atoms with van der Waals surface area (Å²) >= 11 is 5.69. The third kappa shape index (κ3) is 1.45. The first-order valence-electron chi connectivity index (χ1n) is 3.80. The number of amides is 1. The Balaban J connectivity index is 2.42. The molecule has 0 bridgehead atoms. The van der Waals surface area contributed by atoms with Crippen molar-refractivity contribution in [3.05, 3.63) is 17.3 Å². The van der Waals surface area contributed by atoms with Crippen LogP contribution in [0.15, 0.2) is 12.3 Å². The number of fused-ring (bicyclic) bond motifs is 1. The lowest BCUT2D eigenvalue weighted by Crippen LogP contribution is -2.34. The molecule has 0 radical (unpaired) electrons. The zero-order valence-electron chi connectivity index (χ0n) is 6.87. The average Bonchev–Trinajstić information content (AvgIpc) is 2.08. The van der Waals surface area contributed by atoms with E-state index < -0.39 is 6.10 Å². The third-order valence-electron chi connectivity index (χ3n) is 1.73. The molecule has 2 rings (SSSR count). The number of hydrogen-bond donors (Lipinski definition) is 1. The molecule has 5 heteroatoms. The molecular formula is C8H7ClN2O2. The third-order valence-corrected chi connectivity index (χ3v) is 1.94. The van der Waals surface area contributed by atoms with Crippen molar-refractivity contribution in [2.24, 2.45) is 0 Å². The fourth-order valence-corrected chi connectivity index (χ4v) is 1.22. The monoisotopic (exact) mass is 198 g/mol. The van der Waals surface area contributed by atoms with Crippen LogP contribution in [-0.4, -0.2) is 17.0 Å². The molecule has 4 nitrogen and oxygen atoms in total. The number of ether oxygens (including phenoxy) is 1. The summed E-state index contributed by atoms with van der Waals surface area (Å²) in [6.07, 6.45) is 0.978. The molecule has 0 aliphatic carbocycles. The van der Waals surface area contributed by atoms with Gasteiger partial charge in [0.25, 0.3) is 5.91 Å². The molecule has 13 heavy (non-hydrogen) atoms. The molecule has 68 valence electrons. The number of hydrogen-bond acceptors (Lipinski definition) is 3. The minimum Gasteiger partial charge on any atom is -0.463 e. The van der Waals surface area contributed by atoms with Crippen molar-refractivity contribution in [3.8, 4) is 5.88 Å². The van der Waals surface area contributed by atoms with Gasteiger partial charge in [0.05, 0.1) is 5.02 Å². The Morgan fingerprint density at radius 2 is 2.46 bits per heavy atom. The largest absolute Gasteiger partial charge is 0.463 e. The van der Waals surface area contributed by atoms with Crippen LogP contribution >= 0.6 is 11.6 Å². The van der Waals surface area contributed by atoms with Crippen molar-refractivity contribution >= 4 is 23.2 Å². The fraction of sp³-hybridized carbons (Fsp3) is 0.250. The Hall–Kier alpha value is -1.29. The molecule has 1 amide bonds. The van der Waals surface area contributed by atoms with Crippen LogP contribution in [0.4, 0.5) is 5.69 Å². The summed E-state index contributed by atoms with van der Waals surface area (Å²) in [7, 11) is 0. The summed E-state index contributed by atoms with van der Waals surface area (Å²) in [5.74, 6) is 0.230. The highest BCUT2D eigenvalue weighted by Gasteiger charge is 2.24. The normalized spacial score (nSPS) is 20.2. The second kappa shape index (κ2) is 2.88. The molecule has 0 aromatic carbocycles. The van der Waals surface area contributed by atoms with E-state index in [4.69, 9.17) is 16.3 Å². The highest BCUT2D eigenvalue weighted by molar-refractivity contribution is 6.30. The summed E-state index contributed by atoms with van der Waals surface area (Å²) in [4.78, 5) is 15.1. The van der Waals surface area contributed by atoms with Gasteiger partial charge in [0.1, 0.15) is 5.69 Å². The van der Waals surface area contributed by atoms with Gasteiger partial charge in [-0.15, -0.1) is 0 Å². The lowest BCUT2D eigenvalue weighted by molar-refractivity contribution is -0.122. The number of nitrogens with zero attached hydrogens (tertiary/aromatic N) is 1. The van der Waals surface area contributed by atoms with E-state index in [1.807, 2.05) is 0 Å². The predicted octanol–water partition coefficient (Wildman–Crippen LogP) is 1.45. The van der Waals surface area contributed by atoms with Crippen LogP contribution in [0.2, 0.25) is 5.02 Å². The summed E-state index contributed by atoms with van der Waals surface area (Å²) < 4.78 is 5.22. The molecule has 0 saturated heterocycles. The van der Waals surface area contributed by atoms with Gasteiger partial charge in [-0.2, -0.15) is 0 Å². The average molecular weight is 199 g/mol. The lowest BCUT2D eigenvalue weighted by atomic mass is 10.3. The van der Waals surface area contributed by atoms with E-state index in [2.05, 4.69) is 10.3 Å². The van der Waals surface area contributed by atoms with E-state index in [1.54, 1.807) is 13.0 Å². The van der Waals surface area contributed by atoms with E-state index in [0.717, 1.165) is 0 Å². The van der Waals surface area contributed by atoms with Gasteiger partial charge in [-0.25, -0.2) is 4.98 Å². The summed E-state index contributed by atoms with van der Waals surface area (Å²) in [5, 5.41) is 3.11. The predicted molar refractivity (Wildman–Crippen MR) is 48.0 cm³/mol. The Bertz CT molecular complexity index is 367. The topological polar surface area (TPSA) is 51.2 Å². The van der Waals surface area contributed by atoms with Crippen LogP contribution < -0.4 is 10.1 Å². The first kappa shape index (κ1) is 8.31. The van der Waals surface area contributed by atoms with E-state index >= 15 is 0 Å². The van der Waals surface area contributed by atoms with E-state index in [1.165, 1.54) is 6.20 Å². The highest BCUT2D eigenvalue weighted by atomic mass is 35.5. The lowest BCUT2D eigenvalue weighted by Gasteiger charge is -2.21. The number of carbonyl (C=O) groups excluding carboxylic acids is 1. The van der Waals surface area contributed by atoms with Crippen molar-refractivity contribution in [2.45, 2.75) is 13.0 Å². The van der Waals surface area contributed by atoms with Crippen LogP contribution in [0, 0.1) is 0 Å². The van der Waals surface area contributed by atoms with Crippen LogP contribution in [0.5, 0.6) is 5.88 Å². The van der Waals surface area contributed by atoms with Gasteiger partial charge >= 0.3 is 0 Å². The summed E-state index contributed by atoms with van der Waals surface area (Å²) in [6.45, 7) is 1.66. The second-order valence-corrected chi connectivity index (χ2v) is 3.19. The van der Waals surface area contributed by atoms with Crippen LogP contribution in [0.1, 0.15) is 6.92 Å². The highest BCUT2D eigenvalue weighted by Crippen LogP contribution is 2.28. The summed E-state index contributed by atoms with van der Waals surface area (Å²) in [5.41, 5.74) is 0.524. The van der Waals surface area contributed by atoms with Crippen molar-refractivity contribution in [3.63, 3.8) is 0 Å². The van der Waals surface area contributed by atoms with Crippen LogP contribution in [0.3, 0.4) is 0 Å². The van der Waals surface area contributed by atoms with E-state index in [0.29, 0.717) is 16.6 Å². The Labute approximate surface area is 79.9 Å². The molecule has 0 saturated carbocycles. The zero-order chi connectivity index (χ0) is 9.42. The molecule has 0 fully saturated rings. The maximum Gasteiger partial charge on any atom is 0.265 e. The number of carbonyl (C=O) groups is 1. The number of halogens is 1. The molecule has 1 atom stereocenters. The summed E-state index contributed by atoms with van der Waals surface area (Å²) in [6, 6.07) is 1.60. The first-order chi connectivity index (χ1) is 6.16. The standard InChI is InChI=1S/C8H7ClN2O2/c1-4-7(12)11-6-2-5(9)3-10-8(6)13-4/h2-4H,1H3,(H,11,12)/t4-/m0/s1. The van der Waals surface area contributed by atoms with Crippen molar-refractivity contribution in [2.75, 3.05) is 5.32 Å². The molecule has 0 unspecified atom stereocenters. The molecule has 1 aliphatic rings. The second-order valence-electron chi connectivity index (χ2n) is 2.76.